The molecule has 2 aromatic rings. The number of carboxylic acid groups (broad SMARTS) is 1. The molecule has 6 heteroatoms. The maximum absolute atomic E-state index is 13.2. The molecule has 0 radical (unpaired) electrons. The number of carbonyl (C=O) groups is 2. The van der Waals surface area contributed by atoms with Gasteiger partial charge in [-0.25, -0.2) is 0 Å². The van der Waals surface area contributed by atoms with Crippen molar-refractivity contribution in [3.8, 4) is 5.75 Å². The van der Waals surface area contributed by atoms with Crippen molar-refractivity contribution < 1.29 is 24.2 Å². The van der Waals surface area contributed by atoms with Gasteiger partial charge in [0.15, 0.2) is 0 Å². The van der Waals surface area contributed by atoms with E-state index in [-0.39, 0.29) is 24.2 Å². The van der Waals surface area contributed by atoms with E-state index >= 15 is 0 Å². The van der Waals surface area contributed by atoms with Gasteiger partial charge in [-0.2, -0.15) is 0 Å². The minimum Gasteiger partial charge on any atom is -0.490 e. The molecule has 0 spiro atoms. The molecule has 142 valence electrons. The Labute approximate surface area is 157 Å². The number of benzene rings is 1. The number of nitrogens with zero attached hydrogens (tertiary/aromatic N) is 1. The van der Waals surface area contributed by atoms with Crippen LogP contribution < -0.4 is 4.74 Å². The van der Waals surface area contributed by atoms with Crippen LogP contribution in [-0.4, -0.2) is 39.9 Å². The number of ether oxygens (including phenoxy) is 2. The van der Waals surface area contributed by atoms with Gasteiger partial charge in [0.05, 0.1) is 35.7 Å². The molecule has 1 N–H and O–H groups in total. The Kier molecular flexibility index (Phi) is 3.97. The maximum atomic E-state index is 13.2. The molecule has 2 bridgehead atoms. The third kappa shape index (κ3) is 2.74. The number of aromatic nitrogens is 1. The minimum absolute atomic E-state index is 0.186. The van der Waals surface area contributed by atoms with Crippen molar-refractivity contribution in [3.05, 3.63) is 30.5 Å². The molecular formula is C21H23NO5. The number of rotatable bonds is 4. The van der Waals surface area contributed by atoms with Gasteiger partial charge in [0.2, 0.25) is 5.91 Å². The second kappa shape index (κ2) is 6.37. The predicted molar refractivity (Wildman–Crippen MR) is 98.0 cm³/mol. The van der Waals surface area contributed by atoms with Crippen molar-refractivity contribution in [2.24, 2.45) is 11.8 Å². The number of fused-ring (bicyclic) bond motifs is 3. The van der Waals surface area contributed by atoms with Crippen molar-refractivity contribution >= 4 is 22.8 Å². The number of aliphatic carboxylic acids is 1. The van der Waals surface area contributed by atoms with E-state index in [9.17, 15) is 14.7 Å². The predicted octanol–water partition coefficient (Wildman–Crippen LogP) is 3.48. The summed E-state index contributed by atoms with van der Waals surface area (Å²) in [5.74, 6) is -1.67. The quantitative estimate of drug-likeness (QED) is 0.893. The average Bonchev–Trinajstić information content (AvgIpc) is 3.43. The van der Waals surface area contributed by atoms with Crippen LogP contribution in [0, 0.1) is 11.8 Å². The van der Waals surface area contributed by atoms with Gasteiger partial charge in [-0.3, -0.25) is 14.2 Å². The Balaban J connectivity index is 1.43. The third-order valence-electron chi connectivity index (χ3n) is 6.35. The Morgan fingerprint density at radius 2 is 1.78 bits per heavy atom. The molecule has 2 saturated heterocycles. The topological polar surface area (TPSA) is 77.8 Å². The fourth-order valence-electron chi connectivity index (χ4n) is 5.05. The van der Waals surface area contributed by atoms with Gasteiger partial charge in [0.25, 0.3) is 0 Å². The standard InChI is InChI=1S/C21H23NO5/c23-20(18-16-7-8-17(27-16)19(18)21(24)25)22-10-9-12-11-14(5-6-15(12)22)26-13-3-1-2-4-13/h5-6,9-11,13,16-19H,1-4,7-8H2,(H,24,25)/t16-,17+,18-,19+/m1/s1. The van der Waals surface area contributed by atoms with Gasteiger partial charge in [-0.1, -0.05) is 0 Å². The molecule has 6 nitrogen and oxygen atoms in total. The molecule has 1 saturated carbocycles. The molecule has 0 unspecified atom stereocenters. The highest BCUT2D eigenvalue weighted by molar-refractivity contribution is 5.96. The summed E-state index contributed by atoms with van der Waals surface area (Å²) >= 11 is 0. The first kappa shape index (κ1) is 16.8. The molecule has 1 aromatic heterocycles. The van der Waals surface area contributed by atoms with Gasteiger partial charge < -0.3 is 14.6 Å². The maximum Gasteiger partial charge on any atom is 0.310 e. The summed E-state index contributed by atoms with van der Waals surface area (Å²) in [6, 6.07) is 7.64. The van der Waals surface area contributed by atoms with Crippen LogP contribution in [0.4, 0.5) is 0 Å². The van der Waals surface area contributed by atoms with Crippen LogP contribution in [0.15, 0.2) is 30.5 Å². The first-order chi connectivity index (χ1) is 13.1. The van der Waals surface area contributed by atoms with Gasteiger partial charge in [-0.15, -0.1) is 0 Å². The van der Waals surface area contributed by atoms with E-state index in [1.54, 1.807) is 10.8 Å². The molecule has 3 heterocycles. The summed E-state index contributed by atoms with van der Waals surface area (Å²) < 4.78 is 13.4. The Hall–Kier alpha value is -2.34. The second-order valence-corrected chi connectivity index (χ2v) is 7.95. The molecule has 1 aliphatic carbocycles. The van der Waals surface area contributed by atoms with Crippen molar-refractivity contribution in [3.63, 3.8) is 0 Å². The normalized spacial score (nSPS) is 30.2. The Bertz CT molecular complexity index is 897. The van der Waals surface area contributed by atoms with Crippen LogP contribution in [0.1, 0.15) is 43.3 Å². The Morgan fingerprint density at radius 3 is 2.52 bits per heavy atom. The monoisotopic (exact) mass is 369 g/mol. The second-order valence-electron chi connectivity index (χ2n) is 7.95. The number of carboxylic acids is 1. The summed E-state index contributed by atoms with van der Waals surface area (Å²) in [6.07, 6.45) is 7.49. The van der Waals surface area contributed by atoms with Gasteiger partial charge in [0.1, 0.15) is 5.75 Å². The summed E-state index contributed by atoms with van der Waals surface area (Å²) in [5, 5.41) is 10.5. The first-order valence-electron chi connectivity index (χ1n) is 9.82. The zero-order valence-corrected chi connectivity index (χ0v) is 15.0. The van der Waals surface area contributed by atoms with Crippen LogP contribution in [0.5, 0.6) is 5.75 Å². The minimum atomic E-state index is -0.940. The van der Waals surface area contributed by atoms with E-state index in [2.05, 4.69) is 0 Å². The summed E-state index contributed by atoms with van der Waals surface area (Å²) in [7, 11) is 0. The molecule has 3 aliphatic rings. The lowest BCUT2D eigenvalue weighted by Gasteiger charge is -2.24. The lowest BCUT2D eigenvalue weighted by molar-refractivity contribution is -0.144. The van der Waals surface area contributed by atoms with Crippen LogP contribution in [0.2, 0.25) is 0 Å². The fraction of sp³-hybridized carbons (Fsp3) is 0.524. The zero-order chi connectivity index (χ0) is 18.5. The largest absolute Gasteiger partial charge is 0.490 e. The molecule has 2 aliphatic heterocycles. The van der Waals surface area contributed by atoms with E-state index in [0.717, 1.165) is 42.3 Å². The van der Waals surface area contributed by atoms with Crippen LogP contribution in [0.25, 0.3) is 10.9 Å². The summed E-state index contributed by atoms with van der Waals surface area (Å²) in [4.78, 5) is 24.9. The number of hydrogen-bond acceptors (Lipinski definition) is 4. The van der Waals surface area contributed by atoms with Crippen LogP contribution in [-0.2, 0) is 9.53 Å². The van der Waals surface area contributed by atoms with E-state index < -0.39 is 17.8 Å². The van der Waals surface area contributed by atoms with Gasteiger partial charge >= 0.3 is 5.97 Å². The fourth-order valence-corrected chi connectivity index (χ4v) is 5.05. The molecule has 27 heavy (non-hydrogen) atoms. The lowest BCUT2D eigenvalue weighted by atomic mass is 9.78. The van der Waals surface area contributed by atoms with Crippen LogP contribution in [0.3, 0.4) is 0 Å². The first-order valence-corrected chi connectivity index (χ1v) is 9.82. The number of hydrogen-bond donors (Lipinski definition) is 1. The molecule has 1 aromatic carbocycles. The average molecular weight is 369 g/mol. The van der Waals surface area contributed by atoms with E-state index in [1.807, 2.05) is 24.3 Å². The van der Waals surface area contributed by atoms with Crippen molar-refractivity contribution in [1.29, 1.82) is 0 Å². The van der Waals surface area contributed by atoms with Crippen molar-refractivity contribution in [2.75, 3.05) is 0 Å². The highest BCUT2D eigenvalue weighted by atomic mass is 16.5. The molecule has 3 fully saturated rings. The number of carbonyl (C=O) groups excluding carboxylic acids is 1. The van der Waals surface area contributed by atoms with Crippen molar-refractivity contribution in [2.45, 2.75) is 56.8 Å². The van der Waals surface area contributed by atoms with E-state index in [1.165, 1.54) is 12.8 Å². The SMILES string of the molecule is O=C(O)[C@@H]1[C@H](C(=O)n2ccc3cc(OC4CCCC4)ccc32)[C@H]2CC[C@@H]1O2. The van der Waals surface area contributed by atoms with Crippen LogP contribution >= 0.6 is 0 Å². The Morgan fingerprint density at radius 1 is 1.04 bits per heavy atom. The molecular weight excluding hydrogens is 346 g/mol. The third-order valence-corrected chi connectivity index (χ3v) is 6.35. The summed E-state index contributed by atoms with van der Waals surface area (Å²) in [5.41, 5.74) is 0.783. The van der Waals surface area contributed by atoms with Gasteiger partial charge in [0, 0.05) is 11.6 Å². The highest BCUT2D eigenvalue weighted by Gasteiger charge is 2.55. The van der Waals surface area contributed by atoms with E-state index in [4.69, 9.17) is 9.47 Å². The molecule has 5 rings (SSSR count). The highest BCUT2D eigenvalue weighted by Crippen LogP contribution is 2.44. The molecule has 0 amide bonds. The smallest absolute Gasteiger partial charge is 0.310 e. The van der Waals surface area contributed by atoms with E-state index in [0.29, 0.717) is 0 Å². The van der Waals surface area contributed by atoms with Crippen molar-refractivity contribution in [1.82, 2.24) is 4.57 Å². The summed E-state index contributed by atoms with van der Waals surface area (Å²) in [6.45, 7) is 0. The molecule has 4 atom stereocenters. The van der Waals surface area contributed by atoms with Gasteiger partial charge in [-0.05, 0) is 62.8 Å². The zero-order valence-electron chi connectivity index (χ0n) is 15.0. The lowest BCUT2D eigenvalue weighted by Crippen LogP contribution is -2.40.